The number of anilines is 1. The molecule has 1 heterocycles. The van der Waals surface area contributed by atoms with Crippen molar-refractivity contribution in [3.05, 3.63) is 58.7 Å². The number of nitrogens with zero attached hydrogens (tertiary/aromatic N) is 1. The highest BCUT2D eigenvalue weighted by atomic mass is 35.5. The Labute approximate surface area is 120 Å². The molecule has 0 fully saturated rings. The lowest BCUT2D eigenvalue weighted by Crippen LogP contribution is -2.12. The third kappa shape index (κ3) is 2.26. The normalized spacial score (nSPS) is 10.7. The molecular weight excluding hydrogens is 274 g/mol. The molecule has 0 aliphatic rings. The summed E-state index contributed by atoms with van der Waals surface area (Å²) in [4.78, 5) is 12.3. The van der Waals surface area contributed by atoms with Gasteiger partial charge in [-0.1, -0.05) is 29.8 Å². The van der Waals surface area contributed by atoms with Crippen molar-refractivity contribution < 1.29 is 4.79 Å². The first-order chi connectivity index (χ1) is 9.65. The lowest BCUT2D eigenvalue weighted by Gasteiger charge is -2.08. The van der Waals surface area contributed by atoms with Crippen LogP contribution in [0.25, 0.3) is 10.9 Å². The summed E-state index contributed by atoms with van der Waals surface area (Å²) < 4.78 is 0. The zero-order chi connectivity index (χ0) is 14.1. The van der Waals surface area contributed by atoms with E-state index in [-0.39, 0.29) is 5.91 Å². The predicted molar refractivity (Wildman–Crippen MR) is 80.2 cm³/mol. The van der Waals surface area contributed by atoms with Gasteiger partial charge in [0.25, 0.3) is 5.91 Å². The number of fused-ring (bicyclic) bond motifs is 1. The molecule has 0 atom stereocenters. The minimum atomic E-state index is -0.217. The van der Waals surface area contributed by atoms with E-state index in [1.165, 1.54) is 0 Å². The van der Waals surface area contributed by atoms with E-state index in [2.05, 4.69) is 15.5 Å². The molecule has 5 heteroatoms. The Morgan fingerprint density at radius 1 is 1.30 bits per heavy atom. The van der Waals surface area contributed by atoms with Crippen LogP contribution in [0.3, 0.4) is 0 Å². The molecule has 0 saturated carbocycles. The smallest absolute Gasteiger partial charge is 0.257 e. The van der Waals surface area contributed by atoms with Gasteiger partial charge < -0.3 is 5.32 Å². The Bertz CT molecular complexity index is 795. The summed E-state index contributed by atoms with van der Waals surface area (Å²) in [5.41, 5.74) is 2.90. The highest BCUT2D eigenvalue weighted by molar-refractivity contribution is 6.34. The number of aromatic amines is 1. The molecule has 20 heavy (non-hydrogen) atoms. The van der Waals surface area contributed by atoms with E-state index >= 15 is 0 Å². The maximum atomic E-state index is 12.3. The van der Waals surface area contributed by atoms with Crippen LogP contribution in [-0.2, 0) is 0 Å². The zero-order valence-corrected chi connectivity index (χ0v) is 11.5. The molecule has 0 aliphatic carbocycles. The molecule has 0 bridgehead atoms. The van der Waals surface area contributed by atoms with Crippen molar-refractivity contribution in [2.45, 2.75) is 6.92 Å². The number of benzene rings is 2. The van der Waals surface area contributed by atoms with Gasteiger partial charge in [-0.25, -0.2) is 0 Å². The number of hydrogen-bond donors (Lipinski definition) is 2. The summed E-state index contributed by atoms with van der Waals surface area (Å²) in [7, 11) is 0. The molecule has 2 N–H and O–H groups in total. The van der Waals surface area contributed by atoms with Crippen LogP contribution in [0.4, 0.5) is 5.69 Å². The number of amides is 1. The number of carbonyl (C=O) groups is 1. The van der Waals surface area contributed by atoms with Crippen LogP contribution in [0.1, 0.15) is 15.9 Å². The maximum absolute atomic E-state index is 12.3. The number of halogens is 1. The summed E-state index contributed by atoms with van der Waals surface area (Å²) in [6.45, 7) is 1.95. The molecule has 4 nitrogen and oxygen atoms in total. The number of aromatic nitrogens is 2. The fraction of sp³-hybridized carbons (Fsp3) is 0.0667. The molecule has 0 radical (unpaired) electrons. The molecule has 100 valence electrons. The third-order valence-corrected chi connectivity index (χ3v) is 3.41. The molecule has 0 saturated heterocycles. The molecule has 2 aromatic carbocycles. The minimum Gasteiger partial charge on any atom is -0.321 e. The number of para-hydroxylation sites is 1. The van der Waals surface area contributed by atoms with Crippen molar-refractivity contribution in [1.82, 2.24) is 10.2 Å². The zero-order valence-electron chi connectivity index (χ0n) is 10.8. The van der Waals surface area contributed by atoms with Crippen LogP contribution < -0.4 is 5.32 Å². The fourth-order valence-electron chi connectivity index (χ4n) is 2.07. The number of carbonyl (C=O) groups excluding carboxylic acids is 1. The van der Waals surface area contributed by atoms with Gasteiger partial charge in [0, 0.05) is 5.39 Å². The largest absolute Gasteiger partial charge is 0.321 e. The molecule has 3 rings (SSSR count). The van der Waals surface area contributed by atoms with Gasteiger partial charge in [-0.05, 0) is 30.7 Å². The van der Waals surface area contributed by atoms with E-state index in [1.54, 1.807) is 18.3 Å². The lowest BCUT2D eigenvalue weighted by atomic mass is 10.1. The Morgan fingerprint density at radius 2 is 2.15 bits per heavy atom. The van der Waals surface area contributed by atoms with Gasteiger partial charge in [-0.3, -0.25) is 9.89 Å². The van der Waals surface area contributed by atoms with E-state index in [0.29, 0.717) is 21.8 Å². The molecule has 0 unspecified atom stereocenters. The number of hydrogen-bond acceptors (Lipinski definition) is 2. The monoisotopic (exact) mass is 285 g/mol. The highest BCUT2D eigenvalue weighted by Gasteiger charge is 2.12. The average Bonchev–Trinajstić information content (AvgIpc) is 2.90. The van der Waals surface area contributed by atoms with Crippen LogP contribution in [-0.4, -0.2) is 16.1 Å². The van der Waals surface area contributed by atoms with E-state index < -0.39 is 0 Å². The van der Waals surface area contributed by atoms with Crippen molar-refractivity contribution in [2.24, 2.45) is 0 Å². The molecule has 1 aromatic heterocycles. The van der Waals surface area contributed by atoms with E-state index in [0.717, 1.165) is 10.9 Å². The standard InChI is InChI=1S/C15H12ClN3O/c1-9-5-6-13(12(16)7-9)18-15(20)11-4-2-3-10-8-17-19-14(10)11/h2-8H,1H3,(H,17,19)(H,18,20). The fourth-order valence-corrected chi connectivity index (χ4v) is 2.35. The van der Waals surface area contributed by atoms with Crippen LogP contribution in [0.5, 0.6) is 0 Å². The van der Waals surface area contributed by atoms with E-state index in [9.17, 15) is 4.79 Å². The van der Waals surface area contributed by atoms with Crippen LogP contribution >= 0.6 is 11.6 Å². The van der Waals surface area contributed by atoms with Crippen LogP contribution in [0.15, 0.2) is 42.6 Å². The second kappa shape index (κ2) is 4.98. The number of rotatable bonds is 2. The van der Waals surface area contributed by atoms with Gasteiger partial charge >= 0.3 is 0 Å². The second-order valence-corrected chi connectivity index (χ2v) is 4.98. The van der Waals surface area contributed by atoms with Gasteiger partial charge in [-0.2, -0.15) is 5.10 Å². The van der Waals surface area contributed by atoms with Gasteiger partial charge in [0.1, 0.15) is 0 Å². The minimum absolute atomic E-state index is 0.217. The summed E-state index contributed by atoms with van der Waals surface area (Å²) in [5.74, 6) is -0.217. The second-order valence-electron chi connectivity index (χ2n) is 4.58. The first-order valence-corrected chi connectivity index (χ1v) is 6.52. The molecule has 0 aliphatic heterocycles. The van der Waals surface area contributed by atoms with Crippen LogP contribution in [0, 0.1) is 6.92 Å². The molecular formula is C15H12ClN3O. The summed E-state index contributed by atoms with van der Waals surface area (Å²) in [5, 5.41) is 11.0. The first kappa shape index (κ1) is 12.7. The SMILES string of the molecule is Cc1ccc(NC(=O)c2cccc3cn[nH]c23)c(Cl)c1. The molecule has 0 spiro atoms. The van der Waals surface area contributed by atoms with Crippen LogP contribution in [0.2, 0.25) is 5.02 Å². The summed E-state index contributed by atoms with van der Waals surface area (Å²) in [6.07, 6.45) is 1.69. The van der Waals surface area contributed by atoms with Crippen molar-refractivity contribution in [2.75, 3.05) is 5.32 Å². The predicted octanol–water partition coefficient (Wildman–Crippen LogP) is 3.78. The third-order valence-electron chi connectivity index (χ3n) is 3.09. The Balaban J connectivity index is 1.95. The number of H-pyrrole nitrogens is 1. The van der Waals surface area contributed by atoms with Gasteiger partial charge in [-0.15, -0.1) is 0 Å². The highest BCUT2D eigenvalue weighted by Crippen LogP contribution is 2.24. The van der Waals surface area contributed by atoms with Crippen molar-refractivity contribution >= 4 is 34.1 Å². The lowest BCUT2D eigenvalue weighted by molar-refractivity contribution is 0.102. The number of nitrogens with one attached hydrogen (secondary N) is 2. The van der Waals surface area contributed by atoms with Crippen molar-refractivity contribution in [1.29, 1.82) is 0 Å². The topological polar surface area (TPSA) is 57.8 Å². The van der Waals surface area contributed by atoms with Gasteiger partial charge in [0.15, 0.2) is 0 Å². The van der Waals surface area contributed by atoms with Gasteiger partial charge in [0.05, 0.1) is 28.0 Å². The summed E-state index contributed by atoms with van der Waals surface area (Å²) in [6, 6.07) is 11.0. The Kier molecular flexibility index (Phi) is 3.16. The van der Waals surface area contributed by atoms with E-state index in [1.807, 2.05) is 31.2 Å². The van der Waals surface area contributed by atoms with Crippen molar-refractivity contribution in [3.63, 3.8) is 0 Å². The number of aryl methyl sites for hydroxylation is 1. The Hall–Kier alpha value is -2.33. The molecule has 3 aromatic rings. The average molecular weight is 286 g/mol. The Morgan fingerprint density at radius 3 is 2.95 bits per heavy atom. The first-order valence-electron chi connectivity index (χ1n) is 6.15. The molecule has 1 amide bonds. The quantitative estimate of drug-likeness (QED) is 0.753. The maximum Gasteiger partial charge on any atom is 0.257 e. The van der Waals surface area contributed by atoms with E-state index in [4.69, 9.17) is 11.6 Å². The van der Waals surface area contributed by atoms with Gasteiger partial charge in [0.2, 0.25) is 0 Å². The summed E-state index contributed by atoms with van der Waals surface area (Å²) >= 11 is 6.12. The van der Waals surface area contributed by atoms with Crippen molar-refractivity contribution in [3.8, 4) is 0 Å².